The van der Waals surface area contributed by atoms with Crippen molar-refractivity contribution in [2.45, 2.75) is 18.6 Å². The number of carbonyl (C=O) groups excluding carboxylic acids is 2. The van der Waals surface area contributed by atoms with Gasteiger partial charge in [-0.15, -0.1) is 0 Å². The molecule has 3 heterocycles. The molecule has 3 N–H and O–H groups in total. The first kappa shape index (κ1) is 20.6. The Kier molecular flexibility index (Phi) is 5.73. The van der Waals surface area contributed by atoms with Gasteiger partial charge in [0.2, 0.25) is 0 Å². The SMILES string of the molecule is N#CC1CCN(C(=O)OC2COC2)C[C@H]1n1cc(C(N)=O)c(Nc2ccc(F)cc2)n1. The lowest BCUT2D eigenvalue weighted by atomic mass is 9.93. The summed E-state index contributed by atoms with van der Waals surface area (Å²) in [5.41, 5.74) is 6.13. The van der Waals surface area contributed by atoms with Crippen LogP contribution in [0.1, 0.15) is 22.8 Å². The second-order valence-corrected chi connectivity index (χ2v) is 7.45. The average Bonchev–Trinajstić information content (AvgIpc) is 3.15. The molecule has 2 amide bonds. The van der Waals surface area contributed by atoms with Crippen molar-refractivity contribution in [3.8, 4) is 6.07 Å². The largest absolute Gasteiger partial charge is 0.441 e. The number of hydrogen-bond acceptors (Lipinski definition) is 7. The molecule has 0 saturated carbocycles. The van der Waals surface area contributed by atoms with Gasteiger partial charge in [0.25, 0.3) is 5.91 Å². The number of piperidine rings is 1. The number of benzene rings is 1. The van der Waals surface area contributed by atoms with Crippen molar-refractivity contribution in [2.24, 2.45) is 11.7 Å². The van der Waals surface area contributed by atoms with E-state index in [1.54, 1.807) is 0 Å². The fourth-order valence-corrected chi connectivity index (χ4v) is 3.52. The second-order valence-electron chi connectivity index (χ2n) is 7.45. The Morgan fingerprint density at radius 2 is 2.06 bits per heavy atom. The summed E-state index contributed by atoms with van der Waals surface area (Å²) >= 11 is 0. The minimum Gasteiger partial charge on any atom is -0.441 e. The molecule has 2 aliphatic rings. The number of hydrogen-bond donors (Lipinski definition) is 2. The van der Waals surface area contributed by atoms with Crippen molar-refractivity contribution in [3.05, 3.63) is 41.8 Å². The van der Waals surface area contributed by atoms with Crippen LogP contribution in [0.5, 0.6) is 0 Å². The summed E-state index contributed by atoms with van der Waals surface area (Å²) < 4.78 is 25.0. The first-order valence-corrected chi connectivity index (χ1v) is 9.79. The summed E-state index contributed by atoms with van der Waals surface area (Å²) in [4.78, 5) is 25.9. The molecule has 10 nitrogen and oxygen atoms in total. The lowest BCUT2D eigenvalue weighted by molar-refractivity contribution is -0.106. The summed E-state index contributed by atoms with van der Waals surface area (Å²) in [5, 5.41) is 17.0. The smallest absolute Gasteiger partial charge is 0.410 e. The number of rotatable bonds is 5. The van der Waals surface area contributed by atoms with Gasteiger partial charge in [-0.1, -0.05) is 0 Å². The minimum atomic E-state index is -0.707. The molecule has 2 atom stereocenters. The summed E-state index contributed by atoms with van der Waals surface area (Å²) in [6, 6.07) is 7.30. The summed E-state index contributed by atoms with van der Waals surface area (Å²) in [6.07, 6.45) is 1.17. The number of nitrogens with one attached hydrogen (secondary N) is 1. The summed E-state index contributed by atoms with van der Waals surface area (Å²) in [6.45, 7) is 1.33. The molecule has 1 unspecified atom stereocenters. The number of amides is 2. The van der Waals surface area contributed by atoms with Crippen molar-refractivity contribution in [3.63, 3.8) is 0 Å². The summed E-state index contributed by atoms with van der Waals surface area (Å²) in [5.74, 6) is -1.34. The average molecular weight is 428 g/mol. The van der Waals surface area contributed by atoms with Crippen molar-refractivity contribution < 1.29 is 23.5 Å². The van der Waals surface area contributed by atoms with Crippen molar-refractivity contribution in [1.82, 2.24) is 14.7 Å². The fraction of sp³-hybridized carbons (Fsp3) is 0.400. The van der Waals surface area contributed by atoms with E-state index < -0.39 is 29.8 Å². The molecule has 162 valence electrons. The minimum absolute atomic E-state index is 0.118. The Morgan fingerprint density at radius 1 is 1.32 bits per heavy atom. The van der Waals surface area contributed by atoms with Crippen LogP contribution >= 0.6 is 0 Å². The molecular weight excluding hydrogens is 407 g/mol. The van der Waals surface area contributed by atoms with Crippen LogP contribution < -0.4 is 11.1 Å². The number of likely N-dealkylation sites (tertiary alicyclic amines) is 1. The van der Waals surface area contributed by atoms with Gasteiger partial charge in [-0.05, 0) is 30.7 Å². The van der Waals surface area contributed by atoms with Gasteiger partial charge in [-0.25, -0.2) is 9.18 Å². The van der Waals surface area contributed by atoms with E-state index in [0.717, 1.165) is 0 Å². The molecule has 2 aliphatic heterocycles. The molecular formula is C20H21FN6O4. The van der Waals surface area contributed by atoms with Gasteiger partial charge in [0.05, 0.1) is 31.2 Å². The maximum atomic E-state index is 13.2. The van der Waals surface area contributed by atoms with E-state index in [4.69, 9.17) is 15.2 Å². The molecule has 31 heavy (non-hydrogen) atoms. The van der Waals surface area contributed by atoms with Crippen LogP contribution in [0.25, 0.3) is 0 Å². The van der Waals surface area contributed by atoms with Crippen LogP contribution in [0.3, 0.4) is 0 Å². The van der Waals surface area contributed by atoms with Gasteiger partial charge in [0.15, 0.2) is 11.9 Å². The van der Waals surface area contributed by atoms with E-state index in [1.807, 2.05) is 0 Å². The Balaban J connectivity index is 1.56. The van der Waals surface area contributed by atoms with Gasteiger partial charge in [0.1, 0.15) is 11.4 Å². The monoisotopic (exact) mass is 428 g/mol. The van der Waals surface area contributed by atoms with Gasteiger partial charge in [-0.2, -0.15) is 10.4 Å². The van der Waals surface area contributed by atoms with Gasteiger partial charge >= 0.3 is 6.09 Å². The van der Waals surface area contributed by atoms with E-state index in [9.17, 15) is 19.2 Å². The zero-order chi connectivity index (χ0) is 22.0. The molecule has 0 spiro atoms. The molecule has 2 aromatic rings. The third-order valence-corrected chi connectivity index (χ3v) is 5.33. The zero-order valence-electron chi connectivity index (χ0n) is 16.5. The third kappa shape index (κ3) is 4.44. The van der Waals surface area contributed by atoms with Gasteiger partial charge in [0, 0.05) is 25.0 Å². The summed E-state index contributed by atoms with van der Waals surface area (Å²) in [7, 11) is 0. The Labute approximate surface area is 177 Å². The predicted octanol–water partition coefficient (Wildman–Crippen LogP) is 1.79. The molecule has 11 heteroatoms. The van der Waals surface area contributed by atoms with Crippen LogP contribution in [0.2, 0.25) is 0 Å². The second kappa shape index (κ2) is 8.61. The van der Waals surface area contributed by atoms with Crippen LogP contribution in [-0.4, -0.2) is 59.1 Å². The van der Waals surface area contributed by atoms with Crippen LogP contribution in [0.15, 0.2) is 30.5 Å². The zero-order valence-corrected chi connectivity index (χ0v) is 16.5. The highest BCUT2D eigenvalue weighted by Crippen LogP contribution is 2.30. The number of halogens is 1. The first-order chi connectivity index (χ1) is 14.9. The maximum absolute atomic E-state index is 13.2. The van der Waals surface area contributed by atoms with Crippen LogP contribution in [0, 0.1) is 23.1 Å². The van der Waals surface area contributed by atoms with Crippen LogP contribution in [0.4, 0.5) is 20.7 Å². The molecule has 0 bridgehead atoms. The van der Waals surface area contributed by atoms with Crippen molar-refractivity contribution >= 4 is 23.5 Å². The highest BCUT2D eigenvalue weighted by molar-refractivity contribution is 5.98. The number of nitrogens with zero attached hydrogens (tertiary/aromatic N) is 4. The van der Waals surface area contributed by atoms with E-state index in [-0.39, 0.29) is 24.0 Å². The van der Waals surface area contributed by atoms with E-state index >= 15 is 0 Å². The Morgan fingerprint density at radius 3 is 2.68 bits per heavy atom. The normalized spacial score (nSPS) is 21.1. The molecule has 1 aromatic heterocycles. The molecule has 0 aliphatic carbocycles. The van der Waals surface area contributed by atoms with Gasteiger partial charge < -0.3 is 25.4 Å². The molecule has 0 radical (unpaired) electrons. The van der Waals surface area contributed by atoms with Crippen molar-refractivity contribution in [1.29, 1.82) is 5.26 Å². The van der Waals surface area contributed by atoms with Crippen molar-refractivity contribution in [2.75, 3.05) is 31.6 Å². The molecule has 2 saturated heterocycles. The lowest BCUT2D eigenvalue weighted by Gasteiger charge is -2.36. The number of ether oxygens (including phenoxy) is 2. The number of primary amides is 1. The maximum Gasteiger partial charge on any atom is 0.410 e. The quantitative estimate of drug-likeness (QED) is 0.741. The van der Waals surface area contributed by atoms with Gasteiger partial charge in [-0.3, -0.25) is 9.48 Å². The highest BCUT2D eigenvalue weighted by Gasteiger charge is 2.36. The molecule has 1 aromatic carbocycles. The third-order valence-electron chi connectivity index (χ3n) is 5.33. The Hall–Kier alpha value is -3.65. The predicted molar refractivity (Wildman–Crippen MR) is 106 cm³/mol. The van der Waals surface area contributed by atoms with E-state index in [1.165, 1.54) is 40.0 Å². The molecule has 2 fully saturated rings. The van der Waals surface area contributed by atoms with Crippen LogP contribution in [-0.2, 0) is 9.47 Å². The number of nitriles is 1. The topological polar surface area (TPSA) is 136 Å². The standard InChI is InChI=1S/C20H21FN6O4/c21-13-1-3-14(4-2-13)24-19-16(18(23)28)8-27(25-19)17-9-26(6-5-12(17)7-22)20(29)31-15-10-30-11-15/h1-4,8,12,15,17H,5-6,9-11H2,(H2,23,28)(H,24,25)/t12?,17-/m1/s1. The Bertz CT molecular complexity index is 1010. The fourth-order valence-electron chi connectivity index (χ4n) is 3.52. The highest BCUT2D eigenvalue weighted by atomic mass is 19.1. The molecule has 4 rings (SSSR count). The van der Waals surface area contributed by atoms with E-state index in [2.05, 4.69) is 16.5 Å². The number of carbonyl (C=O) groups is 2. The first-order valence-electron chi connectivity index (χ1n) is 9.79. The number of anilines is 2. The lowest BCUT2D eigenvalue weighted by Crippen LogP contribution is -2.48. The number of nitrogens with two attached hydrogens (primary N) is 1. The van der Waals surface area contributed by atoms with E-state index in [0.29, 0.717) is 31.9 Å². The number of aromatic nitrogens is 2.